The van der Waals surface area contributed by atoms with Crippen LogP contribution in [-0.4, -0.2) is 48.1 Å². The van der Waals surface area contributed by atoms with E-state index in [1.54, 1.807) is 32.4 Å². The van der Waals surface area contributed by atoms with Crippen molar-refractivity contribution in [2.75, 3.05) is 20.8 Å². The summed E-state index contributed by atoms with van der Waals surface area (Å²) in [5, 5.41) is 9.13. The maximum absolute atomic E-state index is 12.6. The van der Waals surface area contributed by atoms with Crippen LogP contribution < -0.4 is 18.9 Å². The number of benzene rings is 3. The van der Waals surface area contributed by atoms with Crippen LogP contribution >= 0.6 is 0 Å². The van der Waals surface area contributed by atoms with Gasteiger partial charge in [0.2, 0.25) is 12.0 Å². The van der Waals surface area contributed by atoms with Gasteiger partial charge in [0, 0.05) is 10.9 Å². The van der Waals surface area contributed by atoms with Gasteiger partial charge in [0.15, 0.2) is 29.6 Å². The second kappa shape index (κ2) is 10.3. The van der Waals surface area contributed by atoms with E-state index in [9.17, 15) is 4.79 Å². The van der Waals surface area contributed by atoms with Gasteiger partial charge in [0.25, 0.3) is 5.89 Å². The summed E-state index contributed by atoms with van der Waals surface area (Å²) in [5.41, 5.74) is 2.95. The number of ether oxygens (including phenoxy) is 5. The lowest BCUT2D eigenvalue weighted by Crippen LogP contribution is -2.37. The minimum atomic E-state index is -0.893. The number of hydrogen-bond donors (Lipinski definition) is 0. The Hall–Kier alpha value is -5.12. The molecule has 0 saturated carbocycles. The van der Waals surface area contributed by atoms with E-state index in [1.807, 2.05) is 54.6 Å². The number of pyridine rings is 1. The highest BCUT2D eigenvalue weighted by atomic mass is 16.6. The summed E-state index contributed by atoms with van der Waals surface area (Å²) >= 11 is 0. The fourth-order valence-corrected chi connectivity index (χ4v) is 4.28. The Balaban J connectivity index is 1.24. The minimum Gasteiger partial charge on any atom is -0.493 e. The third kappa shape index (κ3) is 4.79. The van der Waals surface area contributed by atoms with Crippen molar-refractivity contribution in [2.45, 2.75) is 12.7 Å². The van der Waals surface area contributed by atoms with Crippen molar-refractivity contribution in [3.8, 4) is 45.7 Å². The van der Waals surface area contributed by atoms with E-state index in [0.717, 1.165) is 16.5 Å². The maximum atomic E-state index is 12.6. The van der Waals surface area contributed by atoms with Crippen LogP contribution in [0.5, 0.6) is 23.0 Å². The van der Waals surface area contributed by atoms with Gasteiger partial charge >= 0.3 is 5.97 Å². The van der Waals surface area contributed by atoms with Gasteiger partial charge in [-0.15, -0.1) is 10.2 Å². The number of methoxy groups -OCH3 is 2. The van der Waals surface area contributed by atoms with Crippen molar-refractivity contribution >= 4 is 16.9 Å². The predicted octanol–water partition coefficient (Wildman–Crippen LogP) is 4.85. The molecule has 0 radical (unpaired) electrons. The Labute approximate surface area is 223 Å². The summed E-state index contributed by atoms with van der Waals surface area (Å²) in [6, 6.07) is 22.2. The third-order valence-electron chi connectivity index (χ3n) is 6.20. The highest BCUT2D eigenvalue weighted by Gasteiger charge is 2.29. The third-order valence-corrected chi connectivity index (χ3v) is 6.20. The van der Waals surface area contributed by atoms with E-state index in [1.165, 1.54) is 0 Å². The second-order valence-electron chi connectivity index (χ2n) is 8.61. The van der Waals surface area contributed by atoms with Crippen LogP contribution in [0.4, 0.5) is 0 Å². The molecule has 2 aromatic heterocycles. The zero-order valence-corrected chi connectivity index (χ0v) is 21.1. The zero-order valence-electron chi connectivity index (χ0n) is 21.1. The van der Waals surface area contributed by atoms with Crippen molar-refractivity contribution in [3.63, 3.8) is 0 Å². The molecule has 0 spiro atoms. The van der Waals surface area contributed by atoms with Crippen LogP contribution in [0.15, 0.2) is 77.2 Å². The van der Waals surface area contributed by atoms with E-state index >= 15 is 0 Å². The number of carbonyl (C=O) groups is 1. The first-order valence-corrected chi connectivity index (χ1v) is 12.1. The Morgan fingerprint density at radius 3 is 2.56 bits per heavy atom. The fraction of sp³-hybridized carbons (Fsp3) is 0.172. The van der Waals surface area contributed by atoms with Gasteiger partial charge < -0.3 is 28.1 Å². The molecule has 1 atom stereocenters. The van der Waals surface area contributed by atoms with E-state index in [-0.39, 0.29) is 25.0 Å². The molecule has 0 aliphatic carbocycles. The van der Waals surface area contributed by atoms with E-state index in [0.29, 0.717) is 34.3 Å². The lowest BCUT2D eigenvalue weighted by atomic mass is 10.0. The zero-order chi connectivity index (χ0) is 26.8. The van der Waals surface area contributed by atoms with Crippen molar-refractivity contribution in [3.05, 3.63) is 78.7 Å². The molecule has 0 unspecified atom stereocenters. The summed E-state index contributed by atoms with van der Waals surface area (Å²) in [4.78, 5) is 17.4. The Kier molecular flexibility index (Phi) is 6.42. The van der Waals surface area contributed by atoms with Crippen LogP contribution in [0.1, 0.15) is 5.89 Å². The van der Waals surface area contributed by atoms with Gasteiger partial charge in [-0.05, 0) is 42.5 Å². The molecule has 196 valence electrons. The SMILES string of the molecule is COc1ccc(-c2cc(-c3nnc(COC(=O)[C@H]4COc5ccccc5O4)o3)c3ccccc3n2)cc1OC. The number of rotatable bonds is 7. The molecule has 39 heavy (non-hydrogen) atoms. The molecule has 5 aromatic rings. The largest absolute Gasteiger partial charge is 0.493 e. The highest BCUT2D eigenvalue weighted by molar-refractivity contribution is 5.94. The average molecular weight is 526 g/mol. The normalized spacial score (nSPS) is 14.2. The Bertz CT molecular complexity index is 1670. The smallest absolute Gasteiger partial charge is 0.351 e. The quantitative estimate of drug-likeness (QED) is 0.273. The molecular weight excluding hydrogens is 502 g/mol. The molecule has 0 amide bonds. The second-order valence-corrected chi connectivity index (χ2v) is 8.61. The molecule has 3 aromatic carbocycles. The molecule has 0 bridgehead atoms. The summed E-state index contributed by atoms with van der Waals surface area (Å²) in [6.07, 6.45) is -0.893. The average Bonchev–Trinajstić information content (AvgIpc) is 3.47. The number of aromatic nitrogens is 3. The van der Waals surface area contributed by atoms with Gasteiger partial charge in [0.05, 0.1) is 31.0 Å². The van der Waals surface area contributed by atoms with Gasteiger partial charge in [-0.3, -0.25) is 0 Å². The van der Waals surface area contributed by atoms with Crippen LogP contribution in [0.25, 0.3) is 33.6 Å². The summed E-state index contributed by atoms with van der Waals surface area (Å²) in [6.45, 7) is -0.161. The van der Waals surface area contributed by atoms with Gasteiger partial charge in [-0.1, -0.05) is 30.3 Å². The molecule has 0 N–H and O–H groups in total. The molecule has 0 fully saturated rings. The monoisotopic (exact) mass is 525 g/mol. The predicted molar refractivity (Wildman–Crippen MR) is 140 cm³/mol. The molecule has 10 heteroatoms. The Morgan fingerprint density at radius 1 is 0.923 bits per heavy atom. The van der Waals surface area contributed by atoms with Crippen LogP contribution in [0.3, 0.4) is 0 Å². The lowest BCUT2D eigenvalue weighted by Gasteiger charge is -2.24. The summed E-state index contributed by atoms with van der Waals surface area (Å²) < 4.78 is 33.4. The van der Waals surface area contributed by atoms with Crippen LogP contribution in [0, 0.1) is 0 Å². The van der Waals surface area contributed by atoms with Gasteiger partial charge in [0.1, 0.15) is 6.61 Å². The first kappa shape index (κ1) is 24.2. The van der Waals surface area contributed by atoms with Crippen LogP contribution in [0.2, 0.25) is 0 Å². The molecule has 10 nitrogen and oxygen atoms in total. The van der Waals surface area contributed by atoms with Gasteiger partial charge in [-0.25, -0.2) is 9.78 Å². The summed E-state index contributed by atoms with van der Waals surface area (Å²) in [7, 11) is 3.17. The topological polar surface area (TPSA) is 115 Å². The number of nitrogens with zero attached hydrogens (tertiary/aromatic N) is 3. The lowest BCUT2D eigenvalue weighted by molar-refractivity contribution is -0.156. The molecule has 1 aliphatic heterocycles. The number of fused-ring (bicyclic) bond motifs is 2. The molecule has 3 heterocycles. The molecule has 1 aliphatic rings. The van der Waals surface area contributed by atoms with E-state index in [2.05, 4.69) is 10.2 Å². The maximum Gasteiger partial charge on any atom is 0.351 e. The van der Waals surface area contributed by atoms with E-state index < -0.39 is 12.1 Å². The van der Waals surface area contributed by atoms with Gasteiger partial charge in [-0.2, -0.15) is 0 Å². The number of carbonyl (C=O) groups excluding carboxylic acids is 1. The van der Waals surface area contributed by atoms with Crippen molar-refractivity contribution in [1.82, 2.24) is 15.2 Å². The van der Waals surface area contributed by atoms with Crippen LogP contribution in [-0.2, 0) is 16.1 Å². The van der Waals surface area contributed by atoms with Crippen molar-refractivity contribution in [1.29, 1.82) is 0 Å². The van der Waals surface area contributed by atoms with E-state index in [4.69, 9.17) is 33.1 Å². The molecule has 6 rings (SSSR count). The first-order chi connectivity index (χ1) is 19.1. The fourth-order valence-electron chi connectivity index (χ4n) is 4.28. The van der Waals surface area contributed by atoms with Crippen molar-refractivity contribution < 1.29 is 32.9 Å². The first-order valence-electron chi connectivity index (χ1n) is 12.1. The minimum absolute atomic E-state index is 0.0485. The summed E-state index contributed by atoms with van der Waals surface area (Å²) in [5.74, 6) is 2.10. The number of hydrogen-bond acceptors (Lipinski definition) is 10. The highest BCUT2D eigenvalue weighted by Crippen LogP contribution is 2.36. The molecular formula is C29H23N3O7. The number of esters is 1. The Morgan fingerprint density at radius 2 is 1.72 bits per heavy atom. The number of para-hydroxylation sites is 3. The van der Waals surface area contributed by atoms with Crippen molar-refractivity contribution in [2.24, 2.45) is 0 Å². The standard InChI is InChI=1S/C29H23N3O7/c1-34-22-12-11-17(13-25(22)35-2)21-14-19(18-7-3-4-8-20(18)30-21)28-32-31-27(39-28)16-37-29(33)26-15-36-23-9-5-6-10-24(23)38-26/h3-14,26H,15-16H2,1-2H3/t26-/m1/s1. The molecule has 0 saturated heterocycles.